The number of amides is 2. The molecule has 1 atom stereocenters. The van der Waals surface area contributed by atoms with E-state index < -0.39 is 5.97 Å². The van der Waals surface area contributed by atoms with Crippen molar-refractivity contribution in [1.29, 1.82) is 0 Å². The molecule has 6 nitrogen and oxygen atoms in total. The first kappa shape index (κ1) is 14.1. The van der Waals surface area contributed by atoms with E-state index >= 15 is 0 Å². The van der Waals surface area contributed by atoms with Gasteiger partial charge >= 0.3 is 12.0 Å². The van der Waals surface area contributed by atoms with Gasteiger partial charge < -0.3 is 15.7 Å². The van der Waals surface area contributed by atoms with Crippen LogP contribution in [0.3, 0.4) is 0 Å². The lowest BCUT2D eigenvalue weighted by molar-refractivity contribution is 0.0691. The van der Waals surface area contributed by atoms with Crippen LogP contribution in [0.15, 0.2) is 5.38 Å². The molecule has 3 N–H and O–H groups in total. The van der Waals surface area contributed by atoms with Crippen LogP contribution >= 0.6 is 23.1 Å². The number of carbonyl (C=O) groups excluding carboxylic acids is 1. The Bertz CT molecular complexity index is 458. The summed E-state index contributed by atoms with van der Waals surface area (Å²) in [4.78, 5) is 26.2. The summed E-state index contributed by atoms with van der Waals surface area (Å²) in [5, 5.41) is 16.4. The van der Waals surface area contributed by atoms with Gasteiger partial charge in [-0.1, -0.05) is 0 Å². The fourth-order valence-corrected chi connectivity index (χ4v) is 3.52. The van der Waals surface area contributed by atoms with Crippen molar-refractivity contribution >= 4 is 35.1 Å². The third-order valence-electron chi connectivity index (χ3n) is 2.67. The standard InChI is InChI=1S/C11H15N3O3S2/c15-10(16)8-6-19-9(14-8)4-12-11(17)13-7-2-1-3-18-5-7/h6-7H,1-5H2,(H,15,16)(H2,12,13,17). The first-order valence-corrected chi connectivity index (χ1v) is 7.98. The van der Waals surface area contributed by atoms with Gasteiger partial charge in [0.2, 0.25) is 0 Å². The zero-order chi connectivity index (χ0) is 13.7. The second kappa shape index (κ2) is 6.76. The van der Waals surface area contributed by atoms with E-state index in [2.05, 4.69) is 15.6 Å². The summed E-state index contributed by atoms with van der Waals surface area (Å²) in [6, 6.07) is 0.00389. The van der Waals surface area contributed by atoms with E-state index in [-0.39, 0.29) is 24.3 Å². The minimum atomic E-state index is -1.05. The van der Waals surface area contributed by atoms with Gasteiger partial charge in [-0.3, -0.25) is 0 Å². The molecule has 1 aromatic heterocycles. The molecule has 2 amide bonds. The van der Waals surface area contributed by atoms with Gasteiger partial charge in [-0.05, 0) is 18.6 Å². The summed E-state index contributed by atoms with van der Waals surface area (Å²) in [6.45, 7) is 0.254. The molecule has 0 bridgehead atoms. The Balaban J connectivity index is 1.74. The summed E-state index contributed by atoms with van der Waals surface area (Å²) >= 11 is 3.08. The van der Waals surface area contributed by atoms with Crippen LogP contribution in [-0.2, 0) is 6.54 Å². The second-order valence-corrected chi connectivity index (χ2v) is 6.27. The Labute approximate surface area is 119 Å². The number of nitrogens with one attached hydrogen (secondary N) is 2. The molecule has 8 heteroatoms. The number of carboxylic acids is 1. The van der Waals surface area contributed by atoms with Gasteiger partial charge in [-0.25, -0.2) is 14.6 Å². The highest BCUT2D eigenvalue weighted by Gasteiger charge is 2.16. The van der Waals surface area contributed by atoms with Crippen molar-refractivity contribution in [2.45, 2.75) is 25.4 Å². The molecule has 1 aliphatic rings. The molecule has 104 valence electrons. The number of hydrogen-bond acceptors (Lipinski definition) is 5. The first-order chi connectivity index (χ1) is 9.15. The molecular formula is C11H15N3O3S2. The van der Waals surface area contributed by atoms with Gasteiger partial charge in [0.15, 0.2) is 5.69 Å². The molecule has 1 unspecified atom stereocenters. The van der Waals surface area contributed by atoms with Crippen LogP contribution in [-0.4, -0.2) is 39.6 Å². The van der Waals surface area contributed by atoms with Crippen molar-refractivity contribution < 1.29 is 14.7 Å². The Morgan fingerprint density at radius 3 is 3.00 bits per heavy atom. The molecule has 1 aromatic rings. The van der Waals surface area contributed by atoms with Crippen LogP contribution in [0, 0.1) is 0 Å². The van der Waals surface area contributed by atoms with E-state index in [4.69, 9.17) is 5.11 Å². The molecule has 0 spiro atoms. The molecule has 1 saturated heterocycles. The van der Waals surface area contributed by atoms with Crippen molar-refractivity contribution in [2.75, 3.05) is 11.5 Å². The lowest BCUT2D eigenvalue weighted by Gasteiger charge is -2.22. The fraction of sp³-hybridized carbons (Fsp3) is 0.545. The predicted octanol–water partition coefficient (Wildman–Crippen LogP) is 1.54. The Kier molecular flexibility index (Phi) is 5.03. The van der Waals surface area contributed by atoms with Gasteiger partial charge in [-0.15, -0.1) is 11.3 Å². The minimum Gasteiger partial charge on any atom is -0.476 e. The molecule has 1 aliphatic heterocycles. The van der Waals surface area contributed by atoms with Crippen molar-refractivity contribution in [3.05, 3.63) is 16.1 Å². The molecular weight excluding hydrogens is 286 g/mol. The van der Waals surface area contributed by atoms with Crippen LogP contribution in [0.1, 0.15) is 28.3 Å². The van der Waals surface area contributed by atoms with E-state index in [1.165, 1.54) is 16.7 Å². The van der Waals surface area contributed by atoms with Crippen molar-refractivity contribution in [3.8, 4) is 0 Å². The lowest BCUT2D eigenvalue weighted by Crippen LogP contribution is -2.44. The van der Waals surface area contributed by atoms with E-state index in [9.17, 15) is 9.59 Å². The molecule has 1 fully saturated rings. The van der Waals surface area contributed by atoms with Crippen molar-refractivity contribution in [2.24, 2.45) is 0 Å². The maximum absolute atomic E-state index is 11.7. The summed E-state index contributed by atoms with van der Waals surface area (Å²) in [6.07, 6.45) is 2.14. The molecule has 0 radical (unpaired) electrons. The maximum Gasteiger partial charge on any atom is 0.355 e. The van der Waals surface area contributed by atoms with E-state index in [0.29, 0.717) is 5.01 Å². The van der Waals surface area contributed by atoms with Gasteiger partial charge in [-0.2, -0.15) is 11.8 Å². The van der Waals surface area contributed by atoms with Crippen molar-refractivity contribution in [1.82, 2.24) is 15.6 Å². The summed E-state index contributed by atoms with van der Waals surface area (Å²) in [7, 11) is 0. The molecule has 0 aliphatic carbocycles. The number of nitrogens with zero attached hydrogens (tertiary/aromatic N) is 1. The Morgan fingerprint density at radius 2 is 2.37 bits per heavy atom. The van der Waals surface area contributed by atoms with E-state index in [0.717, 1.165) is 24.3 Å². The number of thiazole rings is 1. The molecule has 0 saturated carbocycles. The molecule has 0 aromatic carbocycles. The molecule has 2 heterocycles. The summed E-state index contributed by atoms with van der Waals surface area (Å²) in [5.41, 5.74) is 0.0193. The fourth-order valence-electron chi connectivity index (χ4n) is 1.74. The highest BCUT2D eigenvalue weighted by atomic mass is 32.2. The number of urea groups is 1. The number of rotatable bonds is 4. The van der Waals surface area contributed by atoms with Gasteiger partial charge in [0, 0.05) is 17.2 Å². The number of aromatic carboxylic acids is 1. The average Bonchev–Trinajstić information content (AvgIpc) is 2.86. The third-order valence-corrected chi connectivity index (χ3v) is 4.73. The van der Waals surface area contributed by atoms with Crippen molar-refractivity contribution in [3.63, 3.8) is 0 Å². The highest BCUT2D eigenvalue weighted by Crippen LogP contribution is 2.16. The summed E-state index contributed by atoms with van der Waals surface area (Å²) in [5.74, 6) is 1.07. The smallest absolute Gasteiger partial charge is 0.355 e. The third kappa shape index (κ3) is 4.39. The van der Waals surface area contributed by atoms with E-state index in [1.807, 2.05) is 11.8 Å². The van der Waals surface area contributed by atoms with Gasteiger partial charge in [0.25, 0.3) is 0 Å². The lowest BCUT2D eigenvalue weighted by atomic mass is 10.2. The number of thioether (sulfide) groups is 1. The second-order valence-electron chi connectivity index (χ2n) is 4.17. The van der Waals surface area contributed by atoms with Gasteiger partial charge in [0.1, 0.15) is 5.01 Å². The maximum atomic E-state index is 11.7. The minimum absolute atomic E-state index is 0.0193. The average molecular weight is 301 g/mol. The Morgan fingerprint density at radius 1 is 1.53 bits per heavy atom. The number of carbonyl (C=O) groups is 2. The zero-order valence-electron chi connectivity index (χ0n) is 10.2. The Hall–Kier alpha value is -1.28. The van der Waals surface area contributed by atoms with Gasteiger partial charge in [0.05, 0.1) is 6.54 Å². The normalized spacial score (nSPS) is 18.8. The largest absolute Gasteiger partial charge is 0.476 e. The monoisotopic (exact) mass is 301 g/mol. The number of aromatic nitrogens is 1. The quantitative estimate of drug-likeness (QED) is 0.784. The molecule has 2 rings (SSSR count). The number of carboxylic acid groups (broad SMARTS) is 1. The van der Waals surface area contributed by atoms with Crippen LogP contribution in [0.4, 0.5) is 4.79 Å². The predicted molar refractivity (Wildman–Crippen MR) is 74.8 cm³/mol. The highest BCUT2D eigenvalue weighted by molar-refractivity contribution is 7.99. The van der Waals surface area contributed by atoms with E-state index in [1.54, 1.807) is 0 Å². The first-order valence-electron chi connectivity index (χ1n) is 5.95. The van der Waals surface area contributed by atoms with Crippen LogP contribution in [0.25, 0.3) is 0 Å². The molecule has 19 heavy (non-hydrogen) atoms. The zero-order valence-corrected chi connectivity index (χ0v) is 11.9. The van der Waals surface area contributed by atoms with Crippen LogP contribution in [0.5, 0.6) is 0 Å². The topological polar surface area (TPSA) is 91.3 Å². The SMILES string of the molecule is O=C(NCc1nc(C(=O)O)cs1)NC1CCCSC1. The summed E-state index contributed by atoms with van der Waals surface area (Å²) < 4.78 is 0. The number of hydrogen-bond donors (Lipinski definition) is 3. The van der Waals surface area contributed by atoms with Crippen LogP contribution < -0.4 is 10.6 Å². The van der Waals surface area contributed by atoms with Crippen LogP contribution in [0.2, 0.25) is 0 Å².